The van der Waals surface area contributed by atoms with Crippen LogP contribution in [-0.2, 0) is 9.53 Å². The molecule has 0 bridgehead atoms. The molecule has 7 nitrogen and oxygen atoms in total. The fraction of sp³-hybridized carbons (Fsp3) is 0.565. The number of fused-ring (bicyclic) bond motifs is 1. The molecular weight excluding hydrogens is 380 g/mol. The number of H-pyrrole nitrogens is 1. The summed E-state index contributed by atoms with van der Waals surface area (Å²) in [4.78, 5) is 32.9. The number of para-hydroxylation sites is 1. The van der Waals surface area contributed by atoms with Crippen LogP contribution >= 0.6 is 0 Å². The molecule has 7 heteroatoms. The van der Waals surface area contributed by atoms with Crippen LogP contribution in [-0.4, -0.2) is 79.1 Å². The number of amides is 2. The van der Waals surface area contributed by atoms with E-state index in [1.807, 2.05) is 42.2 Å². The summed E-state index contributed by atoms with van der Waals surface area (Å²) < 4.78 is 5.35. The minimum Gasteiger partial charge on any atom is -0.379 e. The van der Waals surface area contributed by atoms with Crippen molar-refractivity contribution in [3.8, 4) is 0 Å². The molecule has 1 unspecified atom stereocenters. The number of piperidine rings is 1. The lowest BCUT2D eigenvalue weighted by Crippen LogP contribution is -2.45. The monoisotopic (exact) mass is 412 g/mol. The molecule has 1 aromatic carbocycles. The molecule has 2 N–H and O–H groups in total. The van der Waals surface area contributed by atoms with Gasteiger partial charge in [-0.15, -0.1) is 0 Å². The summed E-state index contributed by atoms with van der Waals surface area (Å²) in [5, 5.41) is 4.15. The number of morpholine rings is 1. The number of rotatable bonds is 6. The molecule has 0 radical (unpaired) electrons. The number of carbonyl (C=O) groups excluding carboxylic acids is 2. The van der Waals surface area contributed by atoms with E-state index in [1.54, 1.807) is 0 Å². The van der Waals surface area contributed by atoms with Crippen LogP contribution in [0.2, 0.25) is 0 Å². The number of ether oxygens (including phenoxy) is 1. The summed E-state index contributed by atoms with van der Waals surface area (Å²) in [7, 11) is 0. The summed E-state index contributed by atoms with van der Waals surface area (Å²) in [6.07, 6.45) is 1.73. The third-order valence-corrected chi connectivity index (χ3v) is 6.54. The molecule has 162 valence electrons. The summed E-state index contributed by atoms with van der Waals surface area (Å²) in [5.41, 5.74) is 1.63. The number of hydrogen-bond acceptors (Lipinski definition) is 4. The average molecular weight is 413 g/mol. The Bertz CT molecular complexity index is 833. The Labute approximate surface area is 177 Å². The minimum absolute atomic E-state index is 0.0278. The molecule has 3 heterocycles. The average Bonchev–Trinajstić information content (AvgIpc) is 3.23. The first-order valence-electron chi connectivity index (χ1n) is 11.1. The highest BCUT2D eigenvalue weighted by atomic mass is 16.5. The molecule has 1 aromatic heterocycles. The molecule has 0 spiro atoms. The first kappa shape index (κ1) is 20.9. The highest BCUT2D eigenvalue weighted by Gasteiger charge is 2.30. The SMILES string of the molecule is CC(C(=O)NCCN1CCOCC1)C1CCN(C(=O)c2cc3ccccc3[nH]2)CC1. The first-order chi connectivity index (χ1) is 14.6. The van der Waals surface area contributed by atoms with E-state index in [4.69, 9.17) is 4.74 Å². The van der Waals surface area contributed by atoms with Crippen LogP contribution in [0, 0.1) is 11.8 Å². The summed E-state index contributed by atoms with van der Waals surface area (Å²) >= 11 is 0. The predicted molar refractivity (Wildman–Crippen MR) is 116 cm³/mol. The lowest BCUT2D eigenvalue weighted by Gasteiger charge is -2.34. The molecule has 0 aliphatic carbocycles. The number of nitrogens with zero attached hydrogens (tertiary/aromatic N) is 2. The van der Waals surface area contributed by atoms with Crippen molar-refractivity contribution in [1.82, 2.24) is 20.1 Å². The van der Waals surface area contributed by atoms with Crippen molar-refractivity contribution in [2.75, 3.05) is 52.5 Å². The number of nitrogens with one attached hydrogen (secondary N) is 2. The Kier molecular flexibility index (Phi) is 6.69. The van der Waals surface area contributed by atoms with Gasteiger partial charge >= 0.3 is 0 Å². The highest BCUT2D eigenvalue weighted by molar-refractivity contribution is 5.98. The smallest absolute Gasteiger partial charge is 0.270 e. The Morgan fingerprint density at radius 3 is 2.63 bits per heavy atom. The van der Waals surface area contributed by atoms with Crippen molar-refractivity contribution >= 4 is 22.7 Å². The third kappa shape index (κ3) is 4.84. The molecule has 0 saturated carbocycles. The molecule has 2 aliphatic rings. The van der Waals surface area contributed by atoms with Crippen LogP contribution in [0.5, 0.6) is 0 Å². The number of carbonyl (C=O) groups is 2. The van der Waals surface area contributed by atoms with E-state index in [1.165, 1.54) is 0 Å². The summed E-state index contributed by atoms with van der Waals surface area (Å²) in [6, 6.07) is 9.86. The van der Waals surface area contributed by atoms with Crippen molar-refractivity contribution < 1.29 is 14.3 Å². The topological polar surface area (TPSA) is 77.7 Å². The molecule has 2 amide bonds. The molecule has 30 heavy (non-hydrogen) atoms. The fourth-order valence-electron chi connectivity index (χ4n) is 4.50. The molecule has 1 atom stereocenters. The molecule has 2 aromatic rings. The van der Waals surface area contributed by atoms with Crippen LogP contribution in [0.1, 0.15) is 30.3 Å². The van der Waals surface area contributed by atoms with Gasteiger partial charge in [-0.2, -0.15) is 0 Å². The number of benzene rings is 1. The van der Waals surface area contributed by atoms with Crippen LogP contribution in [0.3, 0.4) is 0 Å². The van der Waals surface area contributed by atoms with E-state index in [9.17, 15) is 9.59 Å². The molecular formula is C23H32N4O3. The second kappa shape index (κ2) is 9.62. The van der Waals surface area contributed by atoms with Crippen molar-refractivity contribution in [1.29, 1.82) is 0 Å². The van der Waals surface area contributed by atoms with E-state index in [2.05, 4.69) is 15.2 Å². The zero-order chi connectivity index (χ0) is 20.9. The van der Waals surface area contributed by atoms with Crippen molar-refractivity contribution in [2.24, 2.45) is 11.8 Å². The van der Waals surface area contributed by atoms with Gasteiger partial charge in [0.25, 0.3) is 5.91 Å². The zero-order valence-corrected chi connectivity index (χ0v) is 17.7. The summed E-state index contributed by atoms with van der Waals surface area (Å²) in [5.74, 6) is 0.469. The number of likely N-dealkylation sites (tertiary alicyclic amines) is 1. The minimum atomic E-state index is -0.0278. The number of aromatic nitrogens is 1. The van der Waals surface area contributed by atoms with Crippen LogP contribution in [0.15, 0.2) is 30.3 Å². The Morgan fingerprint density at radius 1 is 1.17 bits per heavy atom. The number of hydrogen-bond donors (Lipinski definition) is 2. The van der Waals surface area contributed by atoms with Crippen LogP contribution in [0.4, 0.5) is 0 Å². The second-order valence-electron chi connectivity index (χ2n) is 8.43. The molecule has 4 rings (SSSR count). The van der Waals surface area contributed by atoms with E-state index in [0.717, 1.165) is 56.6 Å². The van der Waals surface area contributed by atoms with E-state index >= 15 is 0 Å². The van der Waals surface area contributed by atoms with Crippen molar-refractivity contribution in [2.45, 2.75) is 19.8 Å². The lowest BCUT2D eigenvalue weighted by molar-refractivity contribution is -0.126. The maximum Gasteiger partial charge on any atom is 0.270 e. The van der Waals surface area contributed by atoms with Gasteiger partial charge in [-0.1, -0.05) is 25.1 Å². The largest absolute Gasteiger partial charge is 0.379 e. The van der Waals surface area contributed by atoms with Crippen molar-refractivity contribution in [3.05, 3.63) is 36.0 Å². The Morgan fingerprint density at radius 2 is 1.90 bits per heavy atom. The Balaban J connectivity index is 1.23. The molecule has 2 fully saturated rings. The second-order valence-corrected chi connectivity index (χ2v) is 8.43. The number of aromatic amines is 1. The van der Waals surface area contributed by atoms with Crippen LogP contribution < -0.4 is 5.32 Å². The van der Waals surface area contributed by atoms with Gasteiger partial charge in [0.1, 0.15) is 5.69 Å². The van der Waals surface area contributed by atoms with Gasteiger partial charge < -0.3 is 19.9 Å². The van der Waals surface area contributed by atoms with Gasteiger partial charge in [0, 0.05) is 56.1 Å². The predicted octanol–water partition coefficient (Wildman–Crippen LogP) is 2.10. The normalized spacial score (nSPS) is 19.7. The van der Waals surface area contributed by atoms with E-state index in [-0.39, 0.29) is 17.7 Å². The molecule has 2 aliphatic heterocycles. The van der Waals surface area contributed by atoms with E-state index < -0.39 is 0 Å². The van der Waals surface area contributed by atoms with Crippen LogP contribution in [0.25, 0.3) is 10.9 Å². The standard InChI is InChI=1S/C23H32N4O3/c1-17(22(28)24-8-11-26-12-14-30-15-13-26)18-6-9-27(10-7-18)23(29)21-16-19-4-2-3-5-20(19)25-21/h2-5,16-18,25H,6-15H2,1H3,(H,24,28). The Hall–Kier alpha value is -2.38. The van der Waals surface area contributed by atoms with Gasteiger partial charge in [0.2, 0.25) is 5.91 Å². The van der Waals surface area contributed by atoms with Gasteiger partial charge in [0.05, 0.1) is 13.2 Å². The lowest BCUT2D eigenvalue weighted by atomic mass is 9.84. The van der Waals surface area contributed by atoms with Crippen molar-refractivity contribution in [3.63, 3.8) is 0 Å². The highest BCUT2D eigenvalue weighted by Crippen LogP contribution is 2.26. The van der Waals surface area contributed by atoms with Gasteiger partial charge in [-0.05, 0) is 30.9 Å². The van der Waals surface area contributed by atoms with Gasteiger partial charge in [0.15, 0.2) is 0 Å². The fourth-order valence-corrected chi connectivity index (χ4v) is 4.50. The van der Waals surface area contributed by atoms with Gasteiger partial charge in [-0.3, -0.25) is 14.5 Å². The summed E-state index contributed by atoms with van der Waals surface area (Å²) in [6.45, 7) is 8.40. The third-order valence-electron chi connectivity index (χ3n) is 6.54. The quantitative estimate of drug-likeness (QED) is 0.762. The zero-order valence-electron chi connectivity index (χ0n) is 17.7. The van der Waals surface area contributed by atoms with E-state index in [0.29, 0.717) is 31.2 Å². The first-order valence-corrected chi connectivity index (χ1v) is 11.1. The maximum absolute atomic E-state index is 12.9. The van der Waals surface area contributed by atoms with Gasteiger partial charge in [-0.25, -0.2) is 0 Å². The molecule has 2 saturated heterocycles. The maximum atomic E-state index is 12.9.